The lowest BCUT2D eigenvalue weighted by Gasteiger charge is -2.31. The van der Waals surface area contributed by atoms with Crippen LogP contribution in [0.25, 0.3) is 0 Å². The number of hydrogen-bond donors (Lipinski definition) is 0. The predicted molar refractivity (Wildman–Crippen MR) is 123 cm³/mol. The van der Waals surface area contributed by atoms with Crippen molar-refractivity contribution in [1.29, 1.82) is 0 Å². The standard InChI is InChI=1S/C13H16ClN.C11H12ClN/c1-13(2)8-5-9-15-12(13)10-6-3-4-7-11(10)14;12-10-6-2-1-5-9(10)11-7-3-4-8-13-11/h3-4,6-7H,5,8-9H2,1-2H3;1-2,5-6H,3-4,7-8H2. The Morgan fingerprint density at radius 3 is 1.93 bits per heavy atom. The molecule has 0 saturated carbocycles. The van der Waals surface area contributed by atoms with Crippen LogP contribution >= 0.6 is 23.2 Å². The highest BCUT2D eigenvalue weighted by Gasteiger charge is 2.29. The first-order valence-electron chi connectivity index (χ1n) is 10.1. The fourth-order valence-electron chi connectivity index (χ4n) is 3.76. The number of nitrogens with zero attached hydrogens (tertiary/aromatic N) is 2. The highest BCUT2D eigenvalue weighted by atomic mass is 35.5. The van der Waals surface area contributed by atoms with E-state index in [0.717, 1.165) is 40.7 Å². The maximum absolute atomic E-state index is 6.20. The molecule has 148 valence electrons. The van der Waals surface area contributed by atoms with Gasteiger partial charge in [-0.2, -0.15) is 0 Å². The first-order valence-corrected chi connectivity index (χ1v) is 10.8. The second-order valence-corrected chi connectivity index (χ2v) is 8.78. The average Bonchev–Trinajstić information content (AvgIpc) is 2.70. The second kappa shape index (κ2) is 9.71. The van der Waals surface area contributed by atoms with Gasteiger partial charge in [0, 0.05) is 51.1 Å². The first-order chi connectivity index (χ1) is 13.5. The first kappa shape index (κ1) is 21.1. The van der Waals surface area contributed by atoms with Crippen LogP contribution in [-0.4, -0.2) is 24.5 Å². The number of halogens is 2. The van der Waals surface area contributed by atoms with Gasteiger partial charge in [-0.05, 0) is 44.2 Å². The summed E-state index contributed by atoms with van der Waals surface area (Å²) in [7, 11) is 0. The Kier molecular flexibility index (Phi) is 7.31. The molecule has 2 nitrogen and oxygen atoms in total. The van der Waals surface area contributed by atoms with E-state index in [1.807, 2.05) is 42.5 Å². The van der Waals surface area contributed by atoms with Gasteiger partial charge < -0.3 is 0 Å². The van der Waals surface area contributed by atoms with Crippen LogP contribution in [0.4, 0.5) is 0 Å². The minimum absolute atomic E-state index is 0.156. The molecule has 2 aliphatic heterocycles. The smallest absolute Gasteiger partial charge is 0.0496 e. The molecule has 2 aromatic carbocycles. The maximum atomic E-state index is 6.20. The fourth-order valence-corrected chi connectivity index (χ4v) is 4.23. The van der Waals surface area contributed by atoms with E-state index in [0.29, 0.717) is 0 Å². The van der Waals surface area contributed by atoms with E-state index in [1.165, 1.54) is 37.1 Å². The van der Waals surface area contributed by atoms with Gasteiger partial charge in [-0.3, -0.25) is 9.98 Å². The summed E-state index contributed by atoms with van der Waals surface area (Å²) in [6.45, 7) is 6.38. The molecule has 0 saturated heterocycles. The number of benzene rings is 2. The molecule has 28 heavy (non-hydrogen) atoms. The zero-order valence-electron chi connectivity index (χ0n) is 16.7. The summed E-state index contributed by atoms with van der Waals surface area (Å²) in [5, 5.41) is 1.63. The van der Waals surface area contributed by atoms with Crippen molar-refractivity contribution in [2.45, 2.75) is 46.0 Å². The van der Waals surface area contributed by atoms with Gasteiger partial charge in [-0.25, -0.2) is 0 Å². The fraction of sp³-hybridized carbons (Fsp3) is 0.417. The summed E-state index contributed by atoms with van der Waals surface area (Å²) in [6, 6.07) is 15.9. The van der Waals surface area contributed by atoms with Crippen LogP contribution in [0.2, 0.25) is 10.0 Å². The third-order valence-electron chi connectivity index (χ3n) is 5.31. The van der Waals surface area contributed by atoms with Crippen LogP contribution in [0, 0.1) is 5.41 Å². The third-order valence-corrected chi connectivity index (χ3v) is 5.97. The Morgan fingerprint density at radius 2 is 1.36 bits per heavy atom. The van der Waals surface area contributed by atoms with Crippen molar-refractivity contribution in [1.82, 2.24) is 0 Å². The van der Waals surface area contributed by atoms with Gasteiger partial charge in [-0.1, -0.05) is 73.4 Å². The molecule has 0 bridgehead atoms. The zero-order chi connectivity index (χ0) is 20.0. The van der Waals surface area contributed by atoms with Gasteiger partial charge in [0.25, 0.3) is 0 Å². The Labute approximate surface area is 178 Å². The van der Waals surface area contributed by atoms with Gasteiger partial charge >= 0.3 is 0 Å². The third kappa shape index (κ3) is 5.24. The average molecular weight is 415 g/mol. The van der Waals surface area contributed by atoms with Crippen LogP contribution in [0.15, 0.2) is 58.5 Å². The molecule has 4 heteroatoms. The summed E-state index contributed by atoms with van der Waals surface area (Å²) in [6.07, 6.45) is 5.90. The molecule has 0 radical (unpaired) electrons. The minimum Gasteiger partial charge on any atom is -0.289 e. The van der Waals surface area contributed by atoms with Crippen LogP contribution in [0.3, 0.4) is 0 Å². The molecule has 0 aliphatic carbocycles. The number of rotatable bonds is 2. The summed E-state index contributed by atoms with van der Waals surface area (Å²) < 4.78 is 0. The summed E-state index contributed by atoms with van der Waals surface area (Å²) >= 11 is 12.3. The van der Waals surface area contributed by atoms with Crippen molar-refractivity contribution in [2.75, 3.05) is 13.1 Å². The van der Waals surface area contributed by atoms with E-state index >= 15 is 0 Å². The van der Waals surface area contributed by atoms with Gasteiger partial charge in [0.1, 0.15) is 0 Å². The molecular formula is C24H28Cl2N2. The number of aliphatic imine (C=N–C) groups is 2. The molecule has 0 fully saturated rings. The molecular weight excluding hydrogens is 387 g/mol. The Hall–Kier alpha value is -1.64. The van der Waals surface area contributed by atoms with E-state index in [4.69, 9.17) is 23.2 Å². The van der Waals surface area contributed by atoms with Crippen molar-refractivity contribution in [2.24, 2.45) is 15.4 Å². The van der Waals surface area contributed by atoms with Crippen molar-refractivity contribution in [3.63, 3.8) is 0 Å². The molecule has 0 unspecified atom stereocenters. The molecule has 0 N–H and O–H groups in total. The van der Waals surface area contributed by atoms with Gasteiger partial charge in [0.15, 0.2) is 0 Å². The normalized spacial score (nSPS) is 18.4. The van der Waals surface area contributed by atoms with Crippen LogP contribution < -0.4 is 0 Å². The molecule has 2 heterocycles. The highest BCUT2D eigenvalue weighted by molar-refractivity contribution is 6.34. The quantitative estimate of drug-likeness (QED) is 0.493. The highest BCUT2D eigenvalue weighted by Crippen LogP contribution is 2.33. The molecule has 4 rings (SSSR count). The van der Waals surface area contributed by atoms with E-state index < -0.39 is 0 Å². The SMILES string of the molecule is CC1(C)CCCN=C1c1ccccc1Cl.Clc1ccccc1C1=NCCCC1. The van der Waals surface area contributed by atoms with Crippen molar-refractivity contribution in [3.05, 3.63) is 69.7 Å². The second-order valence-electron chi connectivity index (χ2n) is 7.96. The van der Waals surface area contributed by atoms with Crippen molar-refractivity contribution >= 4 is 34.6 Å². The summed E-state index contributed by atoms with van der Waals surface area (Å²) in [5.74, 6) is 0. The van der Waals surface area contributed by atoms with Gasteiger partial charge in [0.05, 0.1) is 0 Å². The molecule has 0 amide bonds. The van der Waals surface area contributed by atoms with Crippen molar-refractivity contribution in [3.8, 4) is 0 Å². The molecule has 0 atom stereocenters. The zero-order valence-corrected chi connectivity index (χ0v) is 18.2. The van der Waals surface area contributed by atoms with Crippen LogP contribution in [0.5, 0.6) is 0 Å². The molecule has 0 spiro atoms. The number of hydrogen-bond acceptors (Lipinski definition) is 2. The largest absolute Gasteiger partial charge is 0.289 e. The van der Waals surface area contributed by atoms with E-state index in [-0.39, 0.29) is 5.41 Å². The molecule has 2 aliphatic rings. The van der Waals surface area contributed by atoms with Gasteiger partial charge in [-0.15, -0.1) is 0 Å². The minimum atomic E-state index is 0.156. The maximum Gasteiger partial charge on any atom is 0.0496 e. The van der Waals surface area contributed by atoms with Crippen LogP contribution in [-0.2, 0) is 0 Å². The summed E-state index contributed by atoms with van der Waals surface area (Å²) in [4.78, 5) is 9.14. The van der Waals surface area contributed by atoms with Gasteiger partial charge in [0.2, 0.25) is 0 Å². The Bertz CT molecular complexity index is 868. The van der Waals surface area contributed by atoms with E-state index in [1.54, 1.807) is 0 Å². The molecule has 0 aromatic heterocycles. The Balaban J connectivity index is 0.000000162. The van der Waals surface area contributed by atoms with E-state index in [9.17, 15) is 0 Å². The lowest BCUT2D eigenvalue weighted by Crippen LogP contribution is -2.29. The lowest BCUT2D eigenvalue weighted by atomic mass is 9.78. The monoisotopic (exact) mass is 414 g/mol. The topological polar surface area (TPSA) is 24.7 Å². The van der Waals surface area contributed by atoms with Crippen LogP contribution in [0.1, 0.15) is 57.1 Å². The Morgan fingerprint density at radius 1 is 0.750 bits per heavy atom. The summed E-state index contributed by atoms with van der Waals surface area (Å²) in [5.41, 5.74) is 4.72. The lowest BCUT2D eigenvalue weighted by molar-refractivity contribution is 0.440. The van der Waals surface area contributed by atoms with E-state index in [2.05, 4.69) is 29.9 Å². The molecule has 2 aromatic rings. The predicted octanol–water partition coefficient (Wildman–Crippen LogP) is 7.26. The van der Waals surface area contributed by atoms with Crippen molar-refractivity contribution < 1.29 is 0 Å².